The van der Waals surface area contributed by atoms with Crippen molar-refractivity contribution in [2.45, 2.75) is 20.8 Å². The average Bonchev–Trinajstić information content (AvgIpc) is 1.37. The first-order chi connectivity index (χ1) is 41.0. The number of halogens is 9. The number of carbonyl (C=O) groups excluding carboxylic acids is 1. The molecule has 5 aromatic heterocycles. The standard InChI is InChI=1S/C19H14Cl3N5O2.C12H11Cl2N3O3.C12H11Cl2N3O2S.C10H9Cl2N3O2/c1-9-25-26-17(10-5-4-6-11(20)7-10)27(9)16-14(22)12(21)8-13-15(16)24-19(29-3)18(23-13)28-2;1-5(18)15-10-8(14)6(13)4-7-9(10)17-12(20-3)11(16-7)19-2;1-5(20)15-10-8(14)6(13)4-7-9(10)17-12(19-3)11(16-7)18-2;1-16-9-10(17-2)15-8-5(14-9)3-4(11)6(12)7(8)13/h4-8H,1-3H3;4H,1-3H3,(H,15,18);4H,1-3H3,(H,15,20);3H,13H2,1-2H3. The van der Waals surface area contributed by atoms with Gasteiger partial charge in [-0.2, -0.15) is 0 Å². The number of nitrogens with zero attached hydrogens (tertiary/aromatic N) is 11. The van der Waals surface area contributed by atoms with E-state index >= 15 is 0 Å². The number of anilines is 3. The zero-order valence-corrected chi connectivity index (χ0v) is 54.2. The molecule has 0 saturated carbocycles. The minimum absolute atomic E-state index is 0.185. The molecule has 0 bridgehead atoms. The minimum Gasteiger partial charge on any atom is -0.477 e. The predicted molar refractivity (Wildman–Crippen MR) is 341 cm³/mol. The smallest absolute Gasteiger partial charge is 0.278 e. The molecule has 23 nitrogen and oxygen atoms in total. The van der Waals surface area contributed by atoms with Crippen molar-refractivity contribution in [1.29, 1.82) is 0 Å². The van der Waals surface area contributed by atoms with Gasteiger partial charge in [0.15, 0.2) is 5.82 Å². The lowest BCUT2D eigenvalue weighted by molar-refractivity contribution is -0.114. The van der Waals surface area contributed by atoms with Crippen molar-refractivity contribution in [3.63, 3.8) is 0 Å². The van der Waals surface area contributed by atoms with Gasteiger partial charge in [0, 0.05) is 17.5 Å². The molecule has 1 amide bonds. The van der Waals surface area contributed by atoms with Crippen LogP contribution in [0, 0.1) is 6.92 Å². The third-order valence-electron chi connectivity index (χ3n) is 11.5. The van der Waals surface area contributed by atoms with Crippen LogP contribution in [0.25, 0.3) is 61.2 Å². The highest BCUT2D eigenvalue weighted by Crippen LogP contribution is 2.43. The maximum Gasteiger partial charge on any atom is 0.278 e. The third kappa shape index (κ3) is 14.3. The maximum atomic E-state index is 11.3. The molecule has 0 aliphatic heterocycles. The van der Waals surface area contributed by atoms with E-state index in [0.717, 1.165) is 5.56 Å². The van der Waals surface area contributed by atoms with Crippen molar-refractivity contribution in [3.05, 3.63) is 99.6 Å². The monoisotopic (exact) mass is 1370 g/mol. The van der Waals surface area contributed by atoms with Gasteiger partial charge in [-0.3, -0.25) is 9.36 Å². The Morgan fingerprint density at radius 1 is 0.477 bits per heavy atom. The molecule has 10 rings (SSSR count). The Kier molecular flexibility index (Phi) is 22.3. The van der Waals surface area contributed by atoms with Gasteiger partial charge in [0.2, 0.25) is 5.91 Å². The molecule has 5 heterocycles. The van der Waals surface area contributed by atoms with Crippen molar-refractivity contribution in [2.75, 3.05) is 73.2 Å². The van der Waals surface area contributed by atoms with E-state index in [1.807, 2.05) is 12.1 Å². The van der Waals surface area contributed by atoms with E-state index in [9.17, 15) is 4.79 Å². The summed E-state index contributed by atoms with van der Waals surface area (Å²) in [5.41, 5.74) is 11.8. The van der Waals surface area contributed by atoms with Crippen molar-refractivity contribution in [2.24, 2.45) is 0 Å². The zero-order chi connectivity index (χ0) is 63.0. The van der Waals surface area contributed by atoms with Crippen LogP contribution >= 0.6 is 117 Å². The summed E-state index contributed by atoms with van der Waals surface area (Å²) < 4.78 is 42.8. The summed E-state index contributed by atoms with van der Waals surface area (Å²) in [6.45, 7) is 4.89. The summed E-state index contributed by atoms with van der Waals surface area (Å²) >= 11 is 60.5. The van der Waals surface area contributed by atoms with E-state index in [1.165, 1.54) is 63.8 Å². The number of hydrogen-bond acceptors (Lipinski definition) is 21. The number of benzene rings is 5. The number of nitrogens with two attached hydrogens (primary N) is 1. The van der Waals surface area contributed by atoms with Crippen LogP contribution in [0.15, 0.2) is 48.5 Å². The van der Waals surface area contributed by atoms with Crippen LogP contribution < -0.4 is 54.3 Å². The fourth-order valence-corrected chi connectivity index (χ4v) is 9.57. The zero-order valence-electron chi connectivity index (χ0n) is 46.6. The molecule has 0 spiro atoms. The van der Waals surface area contributed by atoms with Gasteiger partial charge in [0.05, 0.1) is 147 Å². The second kappa shape index (κ2) is 29.0. The van der Waals surface area contributed by atoms with Crippen LogP contribution in [0.3, 0.4) is 0 Å². The molecule has 5 aromatic carbocycles. The van der Waals surface area contributed by atoms with Gasteiger partial charge in [-0.05, 0) is 50.2 Å². The molecular weight excluding hydrogens is 1330 g/mol. The highest BCUT2D eigenvalue weighted by atomic mass is 35.5. The van der Waals surface area contributed by atoms with Crippen molar-refractivity contribution in [1.82, 2.24) is 54.6 Å². The maximum absolute atomic E-state index is 11.3. The number of aromatic nitrogens is 11. The summed E-state index contributed by atoms with van der Waals surface area (Å²) in [5, 5.41) is 16.9. The summed E-state index contributed by atoms with van der Waals surface area (Å²) in [7, 11) is 11.8. The number of amides is 1. The van der Waals surface area contributed by atoms with Crippen molar-refractivity contribution >= 4 is 189 Å². The molecule has 10 aromatic rings. The normalized spacial score (nSPS) is 10.7. The Hall–Kier alpha value is -7.23. The van der Waals surface area contributed by atoms with E-state index in [-0.39, 0.29) is 84.4 Å². The number of carbonyl (C=O) groups is 1. The number of rotatable bonds is 12. The van der Waals surface area contributed by atoms with Gasteiger partial charge >= 0.3 is 0 Å². The number of aryl methyl sites for hydroxylation is 1. The van der Waals surface area contributed by atoms with Gasteiger partial charge in [0.1, 0.15) is 27.9 Å². The number of nitrogens with one attached hydrogen (secondary N) is 2. The molecule has 450 valence electrons. The van der Waals surface area contributed by atoms with Crippen molar-refractivity contribution in [3.8, 4) is 64.1 Å². The molecule has 0 unspecified atom stereocenters. The summed E-state index contributed by atoms with van der Waals surface area (Å²) in [4.78, 5) is 46.3. The molecular formula is C53H45Cl9N14O9S. The fourth-order valence-electron chi connectivity index (χ4n) is 7.73. The lowest BCUT2D eigenvalue weighted by atomic mass is 10.2. The second-order valence-corrected chi connectivity index (χ2v) is 21.1. The first-order valence-corrected chi connectivity index (χ1v) is 27.9. The number of methoxy groups -OCH3 is 8. The Balaban J connectivity index is 0.000000168. The number of ether oxygens (including phenoxy) is 8. The van der Waals surface area contributed by atoms with E-state index in [0.29, 0.717) is 97.3 Å². The van der Waals surface area contributed by atoms with Crippen LogP contribution in [0.4, 0.5) is 17.1 Å². The fraction of sp³-hybridized carbons (Fsp3) is 0.208. The number of thiocarbonyl (C=S) groups is 1. The van der Waals surface area contributed by atoms with Gasteiger partial charge in [-0.15, -0.1) is 10.2 Å². The first-order valence-electron chi connectivity index (χ1n) is 24.1. The van der Waals surface area contributed by atoms with Crippen molar-refractivity contribution < 1.29 is 42.7 Å². The molecule has 86 heavy (non-hydrogen) atoms. The lowest BCUT2D eigenvalue weighted by Crippen LogP contribution is -2.08. The Labute approximate surface area is 539 Å². The Bertz CT molecular complexity index is 4150. The van der Waals surface area contributed by atoms with Gasteiger partial charge in [0.25, 0.3) is 47.0 Å². The largest absolute Gasteiger partial charge is 0.477 e. The SMILES string of the molecule is COc1nc2cc(Cl)c(Cl)c(-n3c(C)nnc3-c3cccc(Cl)c3)c2nc1OC.COc1nc2cc(Cl)c(Cl)c(N)c2nc1OC.COc1nc2cc(Cl)c(Cl)c(NC(C)=O)c2nc1OC.COc1nc2cc(Cl)c(Cl)c(NC(C)=S)c2nc1OC. The Morgan fingerprint density at radius 3 is 1.24 bits per heavy atom. The van der Waals surface area contributed by atoms with Crippen LogP contribution in [0.5, 0.6) is 47.0 Å². The summed E-state index contributed by atoms with van der Waals surface area (Å²) in [6, 6.07) is 13.6. The van der Waals surface area contributed by atoms with E-state index in [1.54, 1.807) is 54.8 Å². The lowest BCUT2D eigenvalue weighted by Gasteiger charge is -2.15. The van der Waals surface area contributed by atoms with Crippen LogP contribution in [0.1, 0.15) is 19.7 Å². The average molecular weight is 1370 g/mol. The van der Waals surface area contributed by atoms with Gasteiger partial charge in [-0.25, -0.2) is 39.9 Å². The summed E-state index contributed by atoms with van der Waals surface area (Å²) in [5.74, 6) is 2.70. The molecule has 0 aliphatic rings. The van der Waals surface area contributed by atoms with Crippen LogP contribution in [-0.4, -0.2) is 122 Å². The first kappa shape index (κ1) is 66.3. The highest BCUT2D eigenvalue weighted by Gasteiger charge is 2.25. The minimum atomic E-state index is -0.299. The number of fused-ring (bicyclic) bond motifs is 4. The van der Waals surface area contributed by atoms with Crippen LogP contribution in [-0.2, 0) is 4.79 Å². The number of nitrogen functional groups attached to an aromatic ring is 1. The van der Waals surface area contributed by atoms with E-state index < -0.39 is 0 Å². The molecule has 33 heteroatoms. The van der Waals surface area contributed by atoms with E-state index in [4.69, 9.17) is 160 Å². The van der Waals surface area contributed by atoms with E-state index in [2.05, 4.69) is 60.7 Å². The molecule has 4 N–H and O–H groups in total. The molecule has 0 fully saturated rings. The molecule has 0 saturated heterocycles. The highest BCUT2D eigenvalue weighted by molar-refractivity contribution is 7.80. The molecule has 0 aliphatic carbocycles. The molecule has 0 radical (unpaired) electrons. The Morgan fingerprint density at radius 2 is 0.837 bits per heavy atom. The van der Waals surface area contributed by atoms with Gasteiger partial charge < -0.3 is 54.3 Å². The number of hydrogen-bond donors (Lipinski definition) is 3. The third-order valence-corrected chi connectivity index (χ3v) is 14.9. The van der Waals surface area contributed by atoms with Gasteiger partial charge in [-0.1, -0.05) is 129 Å². The second-order valence-electron chi connectivity index (χ2n) is 16.9. The molecule has 0 atom stereocenters. The topological polar surface area (TPSA) is 275 Å². The van der Waals surface area contributed by atoms with Crippen LogP contribution in [0.2, 0.25) is 45.2 Å². The predicted octanol–water partition coefficient (Wildman–Crippen LogP) is 14.3. The quantitative estimate of drug-likeness (QED) is 0.0757. The summed E-state index contributed by atoms with van der Waals surface area (Å²) in [6.07, 6.45) is 0.